The second-order valence-corrected chi connectivity index (χ2v) is 15.5. The van der Waals surface area contributed by atoms with E-state index in [-0.39, 0.29) is 44.2 Å². The van der Waals surface area contributed by atoms with Gasteiger partial charge < -0.3 is 47.4 Å². The largest absolute Gasteiger partial charge is 0.463 e. The van der Waals surface area contributed by atoms with Gasteiger partial charge in [-0.2, -0.15) is 0 Å². The molecular weight excluding hydrogens is 831 g/mol. The Labute approximate surface area is 372 Å². The number of carbonyl (C=O) groups excluding carboxylic acids is 5. The van der Waals surface area contributed by atoms with Crippen LogP contribution in [0.2, 0.25) is 0 Å². The first kappa shape index (κ1) is 47.9. The van der Waals surface area contributed by atoms with Gasteiger partial charge in [0.25, 0.3) is 11.8 Å². The molecule has 3 aliphatic heterocycles. The lowest BCUT2D eigenvalue weighted by molar-refractivity contribution is -0.367. The molecule has 0 N–H and O–H groups in total. The lowest BCUT2D eigenvalue weighted by Crippen LogP contribution is -2.70. The molecule has 0 aliphatic carbocycles. The van der Waals surface area contributed by atoms with E-state index < -0.39 is 97.7 Å². The molecule has 64 heavy (non-hydrogen) atoms. The van der Waals surface area contributed by atoms with Crippen molar-refractivity contribution in [2.24, 2.45) is 0 Å². The number of rotatable bonds is 20. The Morgan fingerprint density at radius 1 is 0.594 bits per heavy atom. The number of benzene rings is 3. The smallest absolute Gasteiger partial charge is 0.303 e. The van der Waals surface area contributed by atoms with E-state index in [0.29, 0.717) is 0 Å². The standard InChI is InChI=1S/C48H55NO15/c1-7-23-56-48-44(64-47-39(49-45(53)29(2)30(3)46(49)54)42(61-33(6)52)41(60-32(5)51)38(62-47)28-57-31(4)50)43(59-26-36-21-15-10-16-22-36)40(58-25-35-19-13-9-14-20-35)37(63-48)27-55-24-34-17-11-8-12-18-34/h7-22,37-44,47-48H,1,23-28H2,2-6H3/t37-,38-,39-,40-,41-,42-,43+,44+,47+,48+/m1/s1. The van der Waals surface area contributed by atoms with Crippen molar-refractivity contribution in [3.63, 3.8) is 0 Å². The highest BCUT2D eigenvalue weighted by Crippen LogP contribution is 2.38. The van der Waals surface area contributed by atoms with Gasteiger partial charge in [-0.1, -0.05) is 97.1 Å². The van der Waals surface area contributed by atoms with Crippen LogP contribution in [0.5, 0.6) is 0 Å². The zero-order valence-electron chi connectivity index (χ0n) is 36.5. The molecule has 0 aromatic heterocycles. The summed E-state index contributed by atoms with van der Waals surface area (Å²) in [4.78, 5) is 66.8. The van der Waals surface area contributed by atoms with Gasteiger partial charge in [0.1, 0.15) is 43.2 Å². The summed E-state index contributed by atoms with van der Waals surface area (Å²) >= 11 is 0. The Morgan fingerprint density at radius 2 is 1.08 bits per heavy atom. The summed E-state index contributed by atoms with van der Waals surface area (Å²) in [6.45, 7) is 10.1. The molecular formula is C48H55NO15. The first-order valence-electron chi connectivity index (χ1n) is 21.0. The third-order valence-electron chi connectivity index (χ3n) is 10.8. The fourth-order valence-corrected chi connectivity index (χ4v) is 7.71. The fourth-order valence-electron chi connectivity index (χ4n) is 7.71. The predicted molar refractivity (Wildman–Crippen MR) is 226 cm³/mol. The van der Waals surface area contributed by atoms with Crippen LogP contribution in [0.1, 0.15) is 51.3 Å². The molecule has 3 aromatic carbocycles. The Balaban J connectivity index is 1.46. The van der Waals surface area contributed by atoms with E-state index in [9.17, 15) is 24.0 Å². The van der Waals surface area contributed by atoms with Crippen molar-refractivity contribution in [2.75, 3.05) is 19.8 Å². The van der Waals surface area contributed by atoms with Crippen molar-refractivity contribution in [3.05, 3.63) is 131 Å². The van der Waals surface area contributed by atoms with Crippen molar-refractivity contribution in [1.29, 1.82) is 0 Å². The number of carbonyl (C=O) groups is 5. The monoisotopic (exact) mass is 885 g/mol. The minimum absolute atomic E-state index is 0.0207. The van der Waals surface area contributed by atoms with Crippen molar-refractivity contribution in [1.82, 2.24) is 4.90 Å². The Morgan fingerprint density at radius 3 is 1.59 bits per heavy atom. The molecule has 0 radical (unpaired) electrons. The van der Waals surface area contributed by atoms with Gasteiger partial charge in [-0.25, -0.2) is 0 Å². The Kier molecular flexibility index (Phi) is 17.1. The van der Waals surface area contributed by atoms with Gasteiger partial charge in [0.2, 0.25) is 0 Å². The van der Waals surface area contributed by atoms with Gasteiger partial charge in [0, 0.05) is 31.9 Å². The molecule has 16 heteroatoms. The van der Waals surface area contributed by atoms with Crippen molar-refractivity contribution in [2.45, 2.75) is 116 Å². The molecule has 6 rings (SSSR count). The van der Waals surface area contributed by atoms with Gasteiger partial charge in [-0.05, 0) is 30.5 Å². The van der Waals surface area contributed by atoms with Crippen LogP contribution in [0.3, 0.4) is 0 Å². The van der Waals surface area contributed by atoms with Crippen LogP contribution in [0.4, 0.5) is 0 Å². The van der Waals surface area contributed by atoms with E-state index in [1.165, 1.54) is 26.8 Å². The highest BCUT2D eigenvalue weighted by Gasteiger charge is 2.59. The van der Waals surface area contributed by atoms with E-state index in [0.717, 1.165) is 35.4 Å². The maximum atomic E-state index is 14.1. The molecule has 3 heterocycles. The van der Waals surface area contributed by atoms with E-state index in [1.807, 2.05) is 91.0 Å². The maximum absolute atomic E-state index is 14.1. The van der Waals surface area contributed by atoms with Crippen LogP contribution in [0, 0.1) is 0 Å². The van der Waals surface area contributed by atoms with E-state index >= 15 is 0 Å². The molecule has 3 aliphatic rings. The van der Waals surface area contributed by atoms with Gasteiger partial charge >= 0.3 is 17.9 Å². The zero-order chi connectivity index (χ0) is 45.8. The van der Waals surface area contributed by atoms with Crippen LogP contribution in [-0.2, 0) is 91.2 Å². The SMILES string of the molecule is C=CCO[C@H]1O[C@H](COCc2ccccc2)[C@@H](OCc2ccccc2)[C@H](OCc2ccccc2)[C@@H]1O[C@@H]1O[C@H](COC(C)=O)[C@@H](OC(C)=O)[C@H](OC(C)=O)[C@H]1N1C(=O)C(C)=C(C)C1=O. The molecule has 0 spiro atoms. The molecule has 0 unspecified atom stereocenters. The summed E-state index contributed by atoms with van der Waals surface area (Å²) in [5.41, 5.74) is 2.85. The summed E-state index contributed by atoms with van der Waals surface area (Å²) in [6, 6.07) is 26.9. The first-order chi connectivity index (χ1) is 30.9. The molecule has 0 saturated carbocycles. The van der Waals surface area contributed by atoms with E-state index in [2.05, 4.69) is 6.58 Å². The molecule has 16 nitrogen and oxygen atoms in total. The summed E-state index contributed by atoms with van der Waals surface area (Å²) in [7, 11) is 0. The van der Waals surface area contributed by atoms with Crippen molar-refractivity contribution in [3.8, 4) is 0 Å². The van der Waals surface area contributed by atoms with E-state index in [4.69, 9.17) is 47.4 Å². The lowest BCUT2D eigenvalue weighted by atomic mass is 9.93. The van der Waals surface area contributed by atoms with Gasteiger partial charge in [-0.3, -0.25) is 28.9 Å². The molecule has 3 aromatic rings. The van der Waals surface area contributed by atoms with Crippen LogP contribution in [0.15, 0.2) is 115 Å². The van der Waals surface area contributed by atoms with Gasteiger partial charge in [-0.15, -0.1) is 6.58 Å². The average molecular weight is 886 g/mol. The summed E-state index contributed by atoms with van der Waals surface area (Å²) in [5, 5.41) is 0. The van der Waals surface area contributed by atoms with Crippen molar-refractivity contribution >= 4 is 29.7 Å². The third-order valence-corrected chi connectivity index (χ3v) is 10.8. The quantitative estimate of drug-likeness (QED) is 0.0646. The zero-order valence-corrected chi connectivity index (χ0v) is 36.5. The second kappa shape index (κ2) is 22.9. The number of nitrogens with zero attached hydrogens (tertiary/aromatic N) is 1. The average Bonchev–Trinajstić information content (AvgIpc) is 3.47. The van der Waals surface area contributed by atoms with Crippen molar-refractivity contribution < 1.29 is 71.3 Å². The molecule has 342 valence electrons. The van der Waals surface area contributed by atoms with Crippen LogP contribution >= 0.6 is 0 Å². The Bertz CT molecular complexity index is 2070. The van der Waals surface area contributed by atoms with E-state index in [1.54, 1.807) is 0 Å². The number of hydrogen-bond donors (Lipinski definition) is 0. The van der Waals surface area contributed by atoms with Crippen LogP contribution < -0.4 is 0 Å². The highest BCUT2D eigenvalue weighted by molar-refractivity contribution is 6.19. The highest BCUT2D eigenvalue weighted by atomic mass is 16.8. The third kappa shape index (κ3) is 12.1. The van der Waals surface area contributed by atoms with Gasteiger partial charge in [0.05, 0.1) is 33.0 Å². The second-order valence-electron chi connectivity index (χ2n) is 15.5. The molecule has 0 bridgehead atoms. The first-order valence-corrected chi connectivity index (χ1v) is 21.0. The van der Waals surface area contributed by atoms with Crippen LogP contribution in [0.25, 0.3) is 0 Å². The minimum atomic E-state index is -1.70. The summed E-state index contributed by atoms with van der Waals surface area (Å²) in [5.74, 6) is -3.80. The molecule has 10 atom stereocenters. The maximum Gasteiger partial charge on any atom is 0.303 e. The van der Waals surface area contributed by atoms with Crippen LogP contribution in [-0.4, -0.2) is 116 Å². The predicted octanol–water partition coefficient (Wildman–Crippen LogP) is 4.91. The molecule has 2 fully saturated rings. The van der Waals surface area contributed by atoms with Gasteiger partial charge in [0.15, 0.2) is 24.8 Å². The molecule has 2 amide bonds. The number of esters is 3. The number of amides is 2. The topological polar surface area (TPSA) is 181 Å². The Hall–Kier alpha value is -5.59. The molecule has 2 saturated heterocycles. The number of imide groups is 1. The lowest BCUT2D eigenvalue weighted by Gasteiger charge is -2.51. The minimum Gasteiger partial charge on any atom is -0.463 e. The fraction of sp³-hybridized carbons (Fsp3) is 0.438. The normalized spacial score (nSPS) is 27.0. The summed E-state index contributed by atoms with van der Waals surface area (Å²) in [6.07, 6.45) is -10.1. The summed E-state index contributed by atoms with van der Waals surface area (Å²) < 4.78 is 63.2. The number of hydrogen-bond acceptors (Lipinski definition) is 15. The number of ether oxygens (including phenoxy) is 10.